The van der Waals surface area contributed by atoms with Crippen LogP contribution in [-0.4, -0.2) is 74.2 Å². The van der Waals surface area contributed by atoms with Gasteiger partial charge in [-0.1, -0.05) is 54.9 Å². The molecule has 15 heteroatoms. The van der Waals surface area contributed by atoms with Crippen molar-refractivity contribution >= 4 is 51.0 Å². The average molecular weight is 743 g/mol. The first-order chi connectivity index (χ1) is 22.6. The number of nitrogens with zero attached hydrogens (tertiary/aromatic N) is 3. The van der Waals surface area contributed by atoms with Crippen LogP contribution in [0.1, 0.15) is 37.1 Å². The average Bonchev–Trinajstić information content (AvgIpc) is 3.45. The summed E-state index contributed by atoms with van der Waals surface area (Å²) < 4.78 is 64.5. The molecule has 0 aliphatic rings. The van der Waals surface area contributed by atoms with E-state index in [-0.39, 0.29) is 22.9 Å². The molecule has 0 bridgehead atoms. The summed E-state index contributed by atoms with van der Waals surface area (Å²) in [5.74, 6) is -2.13. The van der Waals surface area contributed by atoms with Gasteiger partial charge in [-0.15, -0.1) is 0 Å². The van der Waals surface area contributed by atoms with Crippen molar-refractivity contribution < 1.29 is 36.7 Å². The molecule has 0 amide bonds. The lowest BCUT2D eigenvalue weighted by atomic mass is 9.81. The number of carboxylic acids is 1. The van der Waals surface area contributed by atoms with Crippen LogP contribution in [0, 0.1) is 11.6 Å². The molecule has 0 aliphatic carbocycles. The maximum Gasteiger partial charge on any atom is 0.318 e. The zero-order chi connectivity index (χ0) is 35.4. The van der Waals surface area contributed by atoms with Gasteiger partial charge in [-0.25, -0.2) is 22.2 Å². The maximum absolute atomic E-state index is 15.6. The van der Waals surface area contributed by atoms with Crippen molar-refractivity contribution in [1.29, 1.82) is 0 Å². The predicted octanol–water partition coefficient (Wildman–Crippen LogP) is 5.69. The molecule has 1 aromatic heterocycles. The zero-order valence-corrected chi connectivity index (χ0v) is 30.2. The van der Waals surface area contributed by atoms with E-state index in [2.05, 4.69) is 4.98 Å². The molecule has 258 valence electrons. The number of carbonyl (C=O) groups is 1. The van der Waals surface area contributed by atoms with E-state index in [1.165, 1.54) is 19.2 Å². The molecule has 4 aromatic rings. The number of imidazole rings is 1. The van der Waals surface area contributed by atoms with E-state index in [0.29, 0.717) is 34.6 Å². The lowest BCUT2D eigenvalue weighted by molar-refractivity contribution is -0.858. The highest BCUT2D eigenvalue weighted by Crippen LogP contribution is 2.40. The van der Waals surface area contributed by atoms with Gasteiger partial charge in [0.1, 0.15) is 23.9 Å². The normalized spacial score (nSPS) is 12.2. The van der Waals surface area contributed by atoms with Crippen LogP contribution >= 0.6 is 35.0 Å². The molecule has 0 spiro atoms. The summed E-state index contributed by atoms with van der Waals surface area (Å²) in [5.41, 5.74) is 1.60. The molecule has 3 aromatic carbocycles. The Morgan fingerprint density at radius 2 is 1.77 bits per heavy atom. The topological polar surface area (TPSA) is 106 Å². The highest BCUT2D eigenvalue weighted by atomic mass is 35.5. The molecule has 48 heavy (non-hydrogen) atoms. The second-order valence-electron chi connectivity index (χ2n) is 11.9. The zero-order valence-electron chi connectivity index (χ0n) is 27.1. The van der Waals surface area contributed by atoms with Crippen LogP contribution in [0.2, 0.25) is 10.0 Å². The van der Waals surface area contributed by atoms with Gasteiger partial charge in [-0.05, 0) is 54.1 Å². The molecule has 0 fully saturated rings. The second kappa shape index (κ2) is 15.6. The molecule has 0 unspecified atom stereocenters. The second-order valence-corrected chi connectivity index (χ2v) is 15.6. The van der Waals surface area contributed by atoms with Gasteiger partial charge in [0.15, 0.2) is 5.16 Å². The summed E-state index contributed by atoms with van der Waals surface area (Å²) >= 11 is 13.9. The Kier molecular flexibility index (Phi) is 12.2. The Morgan fingerprint density at radius 1 is 1.08 bits per heavy atom. The molecule has 0 saturated carbocycles. The number of sulfonamides is 1. The van der Waals surface area contributed by atoms with Crippen LogP contribution in [0.3, 0.4) is 0 Å². The summed E-state index contributed by atoms with van der Waals surface area (Å²) in [6.45, 7) is 3.77. The van der Waals surface area contributed by atoms with E-state index >= 15 is 4.39 Å². The largest absolute Gasteiger partial charge is 0.495 e. The summed E-state index contributed by atoms with van der Waals surface area (Å²) in [4.78, 5) is 16.7. The van der Waals surface area contributed by atoms with Gasteiger partial charge in [0.2, 0.25) is 10.0 Å². The third-order valence-corrected chi connectivity index (χ3v) is 11.3. The minimum Gasteiger partial charge on any atom is -0.495 e. The number of quaternary nitrogens is 1. The Bertz CT molecular complexity index is 1860. The molecule has 1 heterocycles. The minimum absolute atomic E-state index is 0.0255. The van der Waals surface area contributed by atoms with Crippen molar-refractivity contribution in [2.24, 2.45) is 0 Å². The van der Waals surface area contributed by atoms with Crippen LogP contribution in [-0.2, 0) is 26.0 Å². The number of carboxylic acid groups (broad SMARTS) is 1. The van der Waals surface area contributed by atoms with Crippen LogP contribution in [0.25, 0.3) is 5.69 Å². The molecule has 9 nitrogen and oxygen atoms in total. The number of hydrogen-bond acceptors (Lipinski definition) is 6. The third-order valence-electron chi connectivity index (χ3n) is 7.82. The number of aliphatic carboxylic acids is 1. The lowest BCUT2D eigenvalue weighted by Crippen LogP contribution is -3.05. The van der Waals surface area contributed by atoms with Gasteiger partial charge in [-0.3, -0.25) is 9.36 Å². The van der Waals surface area contributed by atoms with Crippen LogP contribution in [0.4, 0.5) is 8.78 Å². The van der Waals surface area contributed by atoms with Crippen molar-refractivity contribution in [3.8, 4) is 11.4 Å². The Morgan fingerprint density at radius 3 is 2.38 bits per heavy atom. The molecule has 0 radical (unpaired) electrons. The Labute approximate surface area is 293 Å². The quantitative estimate of drug-likeness (QED) is 0.151. The molecule has 0 aliphatic heterocycles. The SMILES string of the molecule is COc1cc(C(C)(C)c2cnc(SCc3c(F)cc(S(=O)(=O)N(CCC[NH+](C)C)CC(=O)O)cc3Cl)n2-c2ccc(F)cc2)ccc1Cl. The van der Waals surface area contributed by atoms with E-state index in [4.69, 9.17) is 27.9 Å². The van der Waals surface area contributed by atoms with Crippen molar-refractivity contribution in [3.63, 3.8) is 0 Å². The summed E-state index contributed by atoms with van der Waals surface area (Å²) in [5, 5.41) is 10.1. The molecular weight excluding hydrogens is 705 g/mol. The van der Waals surface area contributed by atoms with Gasteiger partial charge in [0.25, 0.3) is 0 Å². The van der Waals surface area contributed by atoms with Crippen molar-refractivity contribution in [2.45, 2.75) is 41.5 Å². The van der Waals surface area contributed by atoms with Gasteiger partial charge < -0.3 is 14.7 Å². The van der Waals surface area contributed by atoms with E-state index in [0.717, 1.165) is 44.4 Å². The summed E-state index contributed by atoms with van der Waals surface area (Å²) in [6, 6.07) is 13.3. The number of ether oxygens (including phenoxy) is 1. The van der Waals surface area contributed by atoms with E-state index < -0.39 is 44.5 Å². The van der Waals surface area contributed by atoms with Gasteiger partial charge in [0.05, 0.1) is 49.6 Å². The molecular formula is C33H37Cl2F2N4O5S2+. The van der Waals surface area contributed by atoms with Gasteiger partial charge in [0, 0.05) is 40.4 Å². The summed E-state index contributed by atoms with van der Waals surface area (Å²) in [7, 11) is 0.951. The number of halogens is 4. The fraction of sp³-hybridized carbons (Fsp3) is 0.333. The first-order valence-corrected chi connectivity index (χ1v) is 18.0. The first kappa shape index (κ1) is 37.6. The van der Waals surface area contributed by atoms with Crippen LogP contribution in [0.15, 0.2) is 70.8 Å². The highest BCUT2D eigenvalue weighted by molar-refractivity contribution is 7.98. The van der Waals surface area contributed by atoms with Crippen molar-refractivity contribution in [3.05, 3.63) is 99.3 Å². The number of methoxy groups -OCH3 is 1. The molecule has 0 saturated heterocycles. The number of rotatable bonds is 15. The smallest absolute Gasteiger partial charge is 0.318 e. The predicted molar refractivity (Wildman–Crippen MR) is 183 cm³/mol. The first-order valence-electron chi connectivity index (χ1n) is 14.9. The van der Waals surface area contributed by atoms with Crippen LogP contribution in [0.5, 0.6) is 5.75 Å². The number of benzene rings is 3. The highest BCUT2D eigenvalue weighted by Gasteiger charge is 2.31. The van der Waals surface area contributed by atoms with E-state index in [1.807, 2.05) is 44.6 Å². The lowest BCUT2D eigenvalue weighted by Gasteiger charge is -2.28. The number of hydrogen-bond donors (Lipinski definition) is 2. The Balaban J connectivity index is 1.69. The fourth-order valence-corrected chi connectivity index (χ4v) is 8.22. The van der Waals surface area contributed by atoms with E-state index in [1.54, 1.807) is 24.4 Å². The number of nitrogens with one attached hydrogen (secondary N) is 1. The number of thioether (sulfide) groups is 1. The maximum atomic E-state index is 15.6. The minimum atomic E-state index is -4.37. The fourth-order valence-electron chi connectivity index (χ4n) is 5.11. The Hall–Kier alpha value is -3.20. The van der Waals surface area contributed by atoms with Gasteiger partial charge >= 0.3 is 5.97 Å². The monoisotopic (exact) mass is 741 g/mol. The third kappa shape index (κ3) is 8.50. The number of aromatic nitrogens is 2. The standard InChI is InChI=1S/C33H36Cl2F2N4O5S2/c1-33(2,21-7-12-26(34)29(15-21)46-5)30-18-38-32(41(30)23-10-8-22(36)9-11-23)47-20-25-27(35)16-24(17-28(25)37)48(44,45)40(19-31(42)43)14-6-13-39(3)4/h7-12,15-18H,6,13-14,19-20H2,1-5H3,(H,42,43)/p+1. The molecule has 0 atom stereocenters. The molecule has 2 N–H and O–H groups in total. The van der Waals surface area contributed by atoms with Gasteiger partial charge in [-0.2, -0.15) is 4.31 Å². The van der Waals surface area contributed by atoms with Crippen LogP contribution < -0.4 is 9.64 Å². The van der Waals surface area contributed by atoms with Crippen molar-refractivity contribution in [2.75, 3.05) is 40.8 Å². The van der Waals surface area contributed by atoms with E-state index in [9.17, 15) is 22.7 Å². The summed E-state index contributed by atoms with van der Waals surface area (Å²) in [6.07, 6.45) is 2.10. The molecule has 4 rings (SSSR count). The van der Waals surface area contributed by atoms with Crippen molar-refractivity contribution in [1.82, 2.24) is 13.9 Å².